The number of hydrogen-bond acceptors (Lipinski definition) is 7. The number of hydrogen-bond donors (Lipinski definition) is 1. The molecule has 0 spiro atoms. The molecule has 3 amide bonds. The average Bonchev–Trinajstić information content (AvgIpc) is 3.04. The Morgan fingerprint density at radius 2 is 1.96 bits per heavy atom. The number of carbonyl (C=O) groups excluding carboxylic acids is 2. The first kappa shape index (κ1) is 17.0. The maximum Gasteiger partial charge on any atom is 0.445 e. The zero-order valence-corrected chi connectivity index (χ0v) is 13.1. The number of carbonyl (C=O) groups is 2. The van der Waals surface area contributed by atoms with E-state index in [0.29, 0.717) is 29.6 Å². The van der Waals surface area contributed by atoms with Crippen LogP contribution in [-0.4, -0.2) is 35.9 Å². The van der Waals surface area contributed by atoms with E-state index in [1.807, 2.05) is 0 Å². The van der Waals surface area contributed by atoms with Crippen molar-refractivity contribution < 1.29 is 32.2 Å². The second-order valence-electron chi connectivity index (χ2n) is 4.64. The van der Waals surface area contributed by atoms with Gasteiger partial charge in [-0.1, -0.05) is 11.3 Å². The fourth-order valence-electron chi connectivity index (χ4n) is 1.95. The van der Waals surface area contributed by atoms with E-state index in [2.05, 4.69) is 15.5 Å². The van der Waals surface area contributed by atoms with Gasteiger partial charge in [-0.3, -0.25) is 10.1 Å². The molecule has 0 aliphatic carbocycles. The minimum absolute atomic E-state index is 0.148. The monoisotopic (exact) mass is 374 g/mol. The molecular weight excluding hydrogens is 365 g/mol. The minimum atomic E-state index is -4.67. The van der Waals surface area contributed by atoms with Crippen molar-refractivity contribution in [2.24, 2.45) is 0 Å². The highest BCUT2D eigenvalue weighted by Crippen LogP contribution is 2.35. The van der Waals surface area contributed by atoms with E-state index >= 15 is 0 Å². The maximum atomic E-state index is 12.5. The lowest BCUT2D eigenvalue weighted by Crippen LogP contribution is -2.33. The molecule has 12 heteroatoms. The Kier molecular flexibility index (Phi) is 4.44. The van der Waals surface area contributed by atoms with Gasteiger partial charge in [-0.05, 0) is 12.1 Å². The zero-order chi connectivity index (χ0) is 18.0. The molecule has 3 rings (SSSR count). The summed E-state index contributed by atoms with van der Waals surface area (Å²) in [4.78, 5) is 24.1. The van der Waals surface area contributed by atoms with Gasteiger partial charge < -0.3 is 9.47 Å². The van der Waals surface area contributed by atoms with Crippen LogP contribution in [0.2, 0.25) is 0 Å². The van der Waals surface area contributed by atoms with Crippen LogP contribution in [0.1, 0.15) is 5.01 Å². The number of rotatable bonds is 3. The molecule has 0 fully saturated rings. The SMILES string of the molecule is O=CN(C(=O)Nc1nnc(C(F)(F)F)s1)c1ccc2c(c1)OCCO2. The minimum Gasteiger partial charge on any atom is -0.486 e. The second kappa shape index (κ2) is 6.55. The fourth-order valence-corrected chi connectivity index (χ4v) is 2.55. The molecule has 1 aromatic carbocycles. The molecule has 2 heterocycles. The lowest BCUT2D eigenvalue weighted by atomic mass is 10.2. The van der Waals surface area contributed by atoms with Crippen molar-refractivity contribution in [3.8, 4) is 11.5 Å². The van der Waals surface area contributed by atoms with Crippen LogP contribution in [0, 0.1) is 0 Å². The third kappa shape index (κ3) is 3.63. The molecule has 8 nitrogen and oxygen atoms in total. The molecule has 132 valence electrons. The van der Waals surface area contributed by atoms with Gasteiger partial charge in [0.25, 0.3) is 0 Å². The molecule has 0 atom stereocenters. The Morgan fingerprint density at radius 1 is 1.24 bits per heavy atom. The second-order valence-corrected chi connectivity index (χ2v) is 5.62. The van der Waals surface area contributed by atoms with Crippen LogP contribution >= 0.6 is 11.3 Å². The number of anilines is 2. The molecule has 0 radical (unpaired) electrons. The first-order valence-corrected chi connectivity index (χ1v) is 7.56. The van der Waals surface area contributed by atoms with E-state index in [0.717, 1.165) is 0 Å². The molecule has 0 saturated heterocycles. The Hall–Kier alpha value is -2.89. The van der Waals surface area contributed by atoms with Crippen LogP contribution in [0.25, 0.3) is 0 Å². The summed E-state index contributed by atoms with van der Waals surface area (Å²) in [6.45, 7) is 0.692. The van der Waals surface area contributed by atoms with Crippen molar-refractivity contribution in [2.45, 2.75) is 6.18 Å². The van der Waals surface area contributed by atoms with E-state index in [-0.39, 0.29) is 28.6 Å². The summed E-state index contributed by atoms with van der Waals surface area (Å²) in [5, 5.41) is 6.67. The predicted molar refractivity (Wildman–Crippen MR) is 79.9 cm³/mol. The lowest BCUT2D eigenvalue weighted by molar-refractivity contribution is -0.138. The van der Waals surface area contributed by atoms with Gasteiger partial charge in [-0.25, -0.2) is 9.69 Å². The Morgan fingerprint density at radius 3 is 2.60 bits per heavy atom. The van der Waals surface area contributed by atoms with Crippen molar-refractivity contribution in [1.82, 2.24) is 10.2 Å². The first-order valence-electron chi connectivity index (χ1n) is 6.74. The molecule has 1 aliphatic heterocycles. The summed E-state index contributed by atoms with van der Waals surface area (Å²) in [5.74, 6) is 0.805. The lowest BCUT2D eigenvalue weighted by Gasteiger charge is -2.21. The van der Waals surface area contributed by atoms with Crippen LogP contribution in [0.5, 0.6) is 11.5 Å². The summed E-state index contributed by atoms with van der Waals surface area (Å²) >= 11 is 0.148. The Balaban J connectivity index is 1.77. The van der Waals surface area contributed by atoms with Crippen molar-refractivity contribution in [1.29, 1.82) is 0 Å². The number of ether oxygens (including phenoxy) is 2. The first-order chi connectivity index (χ1) is 11.9. The van der Waals surface area contributed by atoms with Crippen LogP contribution < -0.4 is 19.7 Å². The molecule has 1 N–H and O–H groups in total. The summed E-state index contributed by atoms with van der Waals surface area (Å²) in [6, 6.07) is 3.36. The van der Waals surface area contributed by atoms with E-state index in [4.69, 9.17) is 9.47 Å². The average molecular weight is 374 g/mol. The zero-order valence-electron chi connectivity index (χ0n) is 12.2. The van der Waals surface area contributed by atoms with Crippen LogP contribution in [0.15, 0.2) is 18.2 Å². The highest BCUT2D eigenvalue weighted by Gasteiger charge is 2.36. The smallest absolute Gasteiger partial charge is 0.445 e. The topological polar surface area (TPSA) is 93.7 Å². The van der Waals surface area contributed by atoms with Crippen molar-refractivity contribution in [3.05, 3.63) is 23.2 Å². The number of nitrogens with one attached hydrogen (secondary N) is 1. The third-order valence-electron chi connectivity index (χ3n) is 3.01. The summed E-state index contributed by atoms with van der Waals surface area (Å²) < 4.78 is 48.2. The van der Waals surface area contributed by atoms with Gasteiger partial charge in [0, 0.05) is 6.07 Å². The number of benzene rings is 1. The number of alkyl halides is 3. The Labute approximate surface area is 142 Å². The molecule has 0 bridgehead atoms. The van der Waals surface area contributed by atoms with E-state index in [1.54, 1.807) is 0 Å². The van der Waals surface area contributed by atoms with Gasteiger partial charge in [0.1, 0.15) is 13.2 Å². The number of nitrogens with zero attached hydrogens (tertiary/aromatic N) is 3. The van der Waals surface area contributed by atoms with Crippen LogP contribution in [0.4, 0.5) is 28.8 Å². The van der Waals surface area contributed by atoms with Crippen LogP contribution in [-0.2, 0) is 11.0 Å². The predicted octanol–water partition coefficient (Wildman–Crippen LogP) is 2.52. The summed E-state index contributed by atoms with van der Waals surface area (Å²) in [7, 11) is 0. The number of imide groups is 1. The molecular formula is C13H9F3N4O4S. The van der Waals surface area contributed by atoms with E-state index in [9.17, 15) is 22.8 Å². The number of urea groups is 1. The number of aromatic nitrogens is 2. The van der Waals surface area contributed by atoms with Gasteiger partial charge in [0.2, 0.25) is 16.5 Å². The summed E-state index contributed by atoms with van der Waals surface area (Å²) in [5.41, 5.74) is 0.150. The standard InChI is InChI=1S/C13H9F3N4O4S/c14-13(15,16)10-18-19-11(25-10)17-12(22)20(6-21)7-1-2-8-9(5-7)24-4-3-23-8/h1-2,5-6H,3-4H2,(H,17,19,22). The van der Waals surface area contributed by atoms with E-state index < -0.39 is 17.2 Å². The third-order valence-corrected chi connectivity index (χ3v) is 3.89. The number of fused-ring (bicyclic) bond motifs is 1. The van der Waals surface area contributed by atoms with E-state index in [1.165, 1.54) is 18.2 Å². The fraction of sp³-hybridized carbons (Fsp3) is 0.231. The molecule has 0 saturated carbocycles. The van der Waals surface area contributed by atoms with Gasteiger partial charge >= 0.3 is 12.2 Å². The quantitative estimate of drug-likeness (QED) is 0.830. The maximum absolute atomic E-state index is 12.5. The molecule has 1 aromatic heterocycles. The summed E-state index contributed by atoms with van der Waals surface area (Å²) in [6.07, 6.45) is -4.45. The van der Waals surface area contributed by atoms with Gasteiger partial charge in [0.15, 0.2) is 11.5 Å². The molecule has 1 aliphatic rings. The highest BCUT2D eigenvalue weighted by molar-refractivity contribution is 7.15. The number of amides is 3. The molecule has 0 unspecified atom stereocenters. The molecule has 2 aromatic rings. The Bertz CT molecular complexity index is 811. The van der Waals surface area contributed by atoms with Crippen LogP contribution in [0.3, 0.4) is 0 Å². The van der Waals surface area contributed by atoms with Gasteiger partial charge in [-0.2, -0.15) is 13.2 Å². The van der Waals surface area contributed by atoms with Crippen molar-refractivity contribution >= 4 is 34.6 Å². The van der Waals surface area contributed by atoms with Crippen molar-refractivity contribution in [3.63, 3.8) is 0 Å². The molecule has 25 heavy (non-hydrogen) atoms. The number of halogens is 3. The highest BCUT2D eigenvalue weighted by atomic mass is 32.1. The largest absolute Gasteiger partial charge is 0.486 e. The normalized spacial score (nSPS) is 13.2. The van der Waals surface area contributed by atoms with Crippen molar-refractivity contribution in [2.75, 3.05) is 23.4 Å². The van der Waals surface area contributed by atoms with Gasteiger partial charge in [0.05, 0.1) is 5.69 Å². The van der Waals surface area contributed by atoms with Gasteiger partial charge in [-0.15, -0.1) is 10.2 Å².